The molecule has 0 atom stereocenters. The number of aldehydes is 1. The molecule has 0 radical (unpaired) electrons. The minimum Gasteiger partial charge on any atom is -0.490 e. The van der Waals surface area contributed by atoms with Crippen LogP contribution in [0.15, 0.2) is 48.7 Å². The first-order valence-electron chi connectivity index (χ1n) is 8.61. The molecule has 1 aliphatic rings. The van der Waals surface area contributed by atoms with E-state index in [1.165, 1.54) is 0 Å². The number of fused-ring (bicyclic) bond motifs is 1. The average Bonchev–Trinajstić information content (AvgIpc) is 2.69. The van der Waals surface area contributed by atoms with E-state index in [9.17, 15) is 4.79 Å². The van der Waals surface area contributed by atoms with Gasteiger partial charge < -0.3 is 9.64 Å². The van der Waals surface area contributed by atoms with Crippen LogP contribution >= 0.6 is 11.6 Å². The molecule has 1 fully saturated rings. The van der Waals surface area contributed by atoms with Crippen LogP contribution in [0.1, 0.15) is 23.2 Å². The van der Waals surface area contributed by atoms with Crippen LogP contribution in [0.4, 0.5) is 5.82 Å². The number of anilines is 1. The van der Waals surface area contributed by atoms with Gasteiger partial charge in [0.25, 0.3) is 0 Å². The lowest BCUT2D eigenvalue weighted by atomic mass is 10.1. The number of carbonyl (C=O) groups is 1. The van der Waals surface area contributed by atoms with E-state index in [2.05, 4.69) is 14.9 Å². The van der Waals surface area contributed by atoms with Crippen LogP contribution in [0.5, 0.6) is 5.75 Å². The van der Waals surface area contributed by atoms with Crippen LogP contribution in [-0.2, 0) is 0 Å². The van der Waals surface area contributed by atoms with Crippen molar-refractivity contribution < 1.29 is 9.53 Å². The Balaban J connectivity index is 1.43. The third-order valence-corrected chi connectivity index (χ3v) is 4.85. The van der Waals surface area contributed by atoms with Crippen molar-refractivity contribution in [2.75, 3.05) is 18.0 Å². The number of para-hydroxylation sites is 1. The molecule has 2 aromatic carbocycles. The summed E-state index contributed by atoms with van der Waals surface area (Å²) in [6.45, 7) is 1.71. The molecule has 132 valence electrons. The van der Waals surface area contributed by atoms with Crippen LogP contribution in [0, 0.1) is 0 Å². The number of hydrogen-bond acceptors (Lipinski definition) is 5. The highest BCUT2D eigenvalue weighted by Gasteiger charge is 2.22. The van der Waals surface area contributed by atoms with E-state index in [4.69, 9.17) is 16.3 Å². The predicted molar refractivity (Wildman–Crippen MR) is 102 cm³/mol. The number of hydrogen-bond donors (Lipinski definition) is 0. The Bertz CT molecular complexity index is 922. The first-order chi connectivity index (χ1) is 12.7. The molecule has 0 aliphatic carbocycles. The molecule has 4 rings (SSSR count). The Kier molecular flexibility index (Phi) is 4.71. The quantitative estimate of drug-likeness (QED) is 0.648. The van der Waals surface area contributed by atoms with E-state index >= 15 is 0 Å². The molecule has 1 aliphatic heterocycles. The summed E-state index contributed by atoms with van der Waals surface area (Å²) in [5.74, 6) is 1.69. The lowest BCUT2D eigenvalue weighted by molar-refractivity contribution is 0.112. The van der Waals surface area contributed by atoms with Gasteiger partial charge in [-0.25, -0.2) is 9.97 Å². The number of carbonyl (C=O) groups excluding carboxylic acids is 1. The van der Waals surface area contributed by atoms with Gasteiger partial charge in [-0.15, -0.1) is 0 Å². The molecule has 2 heterocycles. The fraction of sp³-hybridized carbons (Fsp3) is 0.250. The molecule has 0 unspecified atom stereocenters. The summed E-state index contributed by atoms with van der Waals surface area (Å²) < 4.78 is 6.03. The largest absolute Gasteiger partial charge is 0.490 e. The number of benzene rings is 2. The monoisotopic (exact) mass is 367 g/mol. The Hall–Kier alpha value is -2.66. The van der Waals surface area contributed by atoms with Gasteiger partial charge in [-0.3, -0.25) is 4.79 Å². The van der Waals surface area contributed by atoms with Gasteiger partial charge >= 0.3 is 0 Å². The van der Waals surface area contributed by atoms with Crippen molar-refractivity contribution in [1.29, 1.82) is 0 Å². The van der Waals surface area contributed by atoms with Crippen molar-refractivity contribution in [3.05, 3.63) is 59.2 Å². The molecule has 0 spiro atoms. The summed E-state index contributed by atoms with van der Waals surface area (Å²) in [7, 11) is 0. The predicted octanol–water partition coefficient (Wildman–Crippen LogP) is 4.14. The van der Waals surface area contributed by atoms with Gasteiger partial charge in [0.1, 0.15) is 17.7 Å². The smallest absolute Gasteiger partial charge is 0.152 e. The van der Waals surface area contributed by atoms with Crippen LogP contribution in [-0.4, -0.2) is 35.4 Å². The summed E-state index contributed by atoms with van der Waals surface area (Å²) in [6, 6.07) is 12.9. The summed E-state index contributed by atoms with van der Waals surface area (Å²) in [5, 5.41) is 0.708. The van der Waals surface area contributed by atoms with Gasteiger partial charge in [0, 0.05) is 36.5 Å². The Morgan fingerprint density at radius 3 is 2.62 bits per heavy atom. The number of aromatic nitrogens is 2. The van der Waals surface area contributed by atoms with Gasteiger partial charge in [-0.2, -0.15) is 0 Å². The fourth-order valence-electron chi connectivity index (χ4n) is 3.21. The molecule has 0 bridgehead atoms. The first kappa shape index (κ1) is 16.8. The highest BCUT2D eigenvalue weighted by molar-refractivity contribution is 6.30. The van der Waals surface area contributed by atoms with Crippen LogP contribution < -0.4 is 9.64 Å². The lowest BCUT2D eigenvalue weighted by Crippen LogP contribution is -2.38. The van der Waals surface area contributed by atoms with Gasteiger partial charge in [0.15, 0.2) is 6.29 Å². The van der Waals surface area contributed by atoms with Crippen molar-refractivity contribution in [3.8, 4) is 5.75 Å². The number of ether oxygens (including phenoxy) is 1. The Morgan fingerprint density at radius 2 is 1.88 bits per heavy atom. The van der Waals surface area contributed by atoms with E-state index in [0.717, 1.165) is 49.3 Å². The zero-order valence-electron chi connectivity index (χ0n) is 14.1. The van der Waals surface area contributed by atoms with Crippen molar-refractivity contribution in [3.63, 3.8) is 0 Å². The number of halogens is 1. The van der Waals surface area contributed by atoms with Gasteiger partial charge in [0.2, 0.25) is 0 Å². The Morgan fingerprint density at radius 1 is 1.12 bits per heavy atom. The molecular formula is C20H18ClN3O2. The summed E-state index contributed by atoms with van der Waals surface area (Å²) >= 11 is 5.91. The second-order valence-electron chi connectivity index (χ2n) is 6.32. The molecule has 0 amide bonds. The third kappa shape index (κ3) is 3.48. The molecular weight excluding hydrogens is 350 g/mol. The maximum atomic E-state index is 11.1. The van der Waals surface area contributed by atoms with E-state index < -0.39 is 0 Å². The van der Waals surface area contributed by atoms with E-state index in [1.54, 1.807) is 12.3 Å². The van der Waals surface area contributed by atoms with Crippen molar-refractivity contribution in [2.45, 2.75) is 18.9 Å². The zero-order valence-corrected chi connectivity index (χ0v) is 14.9. The van der Waals surface area contributed by atoms with E-state index in [-0.39, 0.29) is 6.10 Å². The van der Waals surface area contributed by atoms with Crippen molar-refractivity contribution in [2.24, 2.45) is 0 Å². The second kappa shape index (κ2) is 7.30. The van der Waals surface area contributed by atoms with Crippen LogP contribution in [0.25, 0.3) is 11.0 Å². The average molecular weight is 368 g/mol. The van der Waals surface area contributed by atoms with Gasteiger partial charge in [0.05, 0.1) is 17.2 Å². The SMILES string of the molecule is O=Cc1cccc2nc(N3CCC(Oc4ccc(Cl)cc4)CC3)cnc12. The molecule has 1 saturated heterocycles. The summed E-state index contributed by atoms with van der Waals surface area (Å²) in [4.78, 5) is 22.4. The molecule has 3 aromatic rings. The molecule has 0 N–H and O–H groups in total. The minimum absolute atomic E-state index is 0.183. The molecule has 1 aromatic heterocycles. The van der Waals surface area contributed by atoms with Crippen molar-refractivity contribution in [1.82, 2.24) is 9.97 Å². The zero-order chi connectivity index (χ0) is 17.9. The highest BCUT2D eigenvalue weighted by atomic mass is 35.5. The molecule has 26 heavy (non-hydrogen) atoms. The van der Waals surface area contributed by atoms with Gasteiger partial charge in [-0.1, -0.05) is 17.7 Å². The first-order valence-corrected chi connectivity index (χ1v) is 8.99. The standard InChI is InChI=1S/C20H18ClN3O2/c21-15-4-6-16(7-5-15)26-17-8-10-24(11-9-17)19-12-22-20-14(13-25)2-1-3-18(20)23-19/h1-7,12-13,17H,8-11H2. The highest BCUT2D eigenvalue weighted by Crippen LogP contribution is 2.24. The summed E-state index contributed by atoms with van der Waals surface area (Å²) in [6.07, 6.45) is 4.57. The number of rotatable bonds is 4. The third-order valence-electron chi connectivity index (χ3n) is 4.60. The maximum Gasteiger partial charge on any atom is 0.152 e. The fourth-order valence-corrected chi connectivity index (χ4v) is 3.34. The normalized spacial score (nSPS) is 15.2. The Labute approximate surface area is 156 Å². The lowest BCUT2D eigenvalue weighted by Gasteiger charge is -2.32. The van der Waals surface area contributed by atoms with Crippen LogP contribution in [0.3, 0.4) is 0 Å². The maximum absolute atomic E-state index is 11.1. The second-order valence-corrected chi connectivity index (χ2v) is 6.76. The molecule has 0 saturated carbocycles. The van der Waals surface area contributed by atoms with Crippen LogP contribution in [0.2, 0.25) is 5.02 Å². The number of nitrogens with zero attached hydrogens (tertiary/aromatic N) is 3. The number of piperidine rings is 1. The topological polar surface area (TPSA) is 55.3 Å². The van der Waals surface area contributed by atoms with Gasteiger partial charge in [-0.05, 0) is 36.4 Å². The molecule has 5 nitrogen and oxygen atoms in total. The van der Waals surface area contributed by atoms with Crippen molar-refractivity contribution >= 4 is 34.7 Å². The summed E-state index contributed by atoms with van der Waals surface area (Å²) in [5.41, 5.74) is 1.95. The van der Waals surface area contributed by atoms with E-state index in [1.807, 2.05) is 36.4 Å². The molecule has 6 heteroatoms. The van der Waals surface area contributed by atoms with E-state index in [0.29, 0.717) is 16.1 Å². The minimum atomic E-state index is 0.183.